The number of hydrogen-bond donors (Lipinski definition) is 2. The van der Waals surface area contributed by atoms with Crippen LogP contribution in [-0.4, -0.2) is 28.5 Å². The van der Waals surface area contributed by atoms with Gasteiger partial charge in [-0.05, 0) is 55.0 Å². The van der Waals surface area contributed by atoms with Gasteiger partial charge < -0.3 is 10.1 Å². The number of nitrogens with zero attached hydrogens (tertiary/aromatic N) is 1. The zero-order valence-electron chi connectivity index (χ0n) is 14.4. The smallest absolute Gasteiger partial charge is 0.338 e. The van der Waals surface area contributed by atoms with Gasteiger partial charge in [0, 0.05) is 23.4 Å². The molecule has 0 aliphatic rings. The molecule has 0 atom stereocenters. The van der Waals surface area contributed by atoms with Crippen molar-refractivity contribution >= 4 is 40.6 Å². The van der Waals surface area contributed by atoms with Crippen LogP contribution in [0.25, 0.3) is 0 Å². The number of thiocarbonyl (C=S) groups is 1. The van der Waals surface area contributed by atoms with Gasteiger partial charge in [-0.3, -0.25) is 20.2 Å². The van der Waals surface area contributed by atoms with Gasteiger partial charge >= 0.3 is 5.97 Å². The van der Waals surface area contributed by atoms with Crippen molar-refractivity contribution in [1.82, 2.24) is 5.32 Å². The number of amides is 1. The molecule has 0 fully saturated rings. The number of nitro groups is 1. The summed E-state index contributed by atoms with van der Waals surface area (Å²) in [6, 6.07) is 11.6. The Morgan fingerprint density at radius 3 is 2.22 bits per heavy atom. The van der Waals surface area contributed by atoms with E-state index in [9.17, 15) is 19.7 Å². The Labute approximate surface area is 160 Å². The summed E-state index contributed by atoms with van der Waals surface area (Å²) < 4.78 is 5.04. The molecule has 0 bridgehead atoms. The topological polar surface area (TPSA) is 111 Å². The summed E-state index contributed by atoms with van der Waals surface area (Å²) in [5, 5.41) is 16.0. The molecule has 0 aliphatic heterocycles. The molecule has 0 saturated carbocycles. The van der Waals surface area contributed by atoms with E-state index in [-0.39, 0.29) is 16.4 Å². The second kappa shape index (κ2) is 9.39. The van der Waals surface area contributed by atoms with Crippen LogP contribution in [0, 0.1) is 10.1 Å². The lowest BCUT2D eigenvalue weighted by Gasteiger charge is -2.10. The summed E-state index contributed by atoms with van der Waals surface area (Å²) in [6.45, 7) is 2.27. The van der Waals surface area contributed by atoms with Crippen molar-refractivity contribution in [3.8, 4) is 0 Å². The summed E-state index contributed by atoms with van der Waals surface area (Å²) in [6.07, 6.45) is 0.744. The van der Waals surface area contributed by atoms with E-state index in [1.807, 2.05) is 6.92 Å². The highest BCUT2D eigenvalue weighted by molar-refractivity contribution is 7.80. The summed E-state index contributed by atoms with van der Waals surface area (Å²) in [4.78, 5) is 33.9. The number of carbonyl (C=O) groups is 2. The van der Waals surface area contributed by atoms with E-state index in [4.69, 9.17) is 17.0 Å². The maximum absolute atomic E-state index is 12.1. The van der Waals surface area contributed by atoms with E-state index in [0.29, 0.717) is 17.9 Å². The zero-order valence-corrected chi connectivity index (χ0v) is 15.2. The molecule has 0 saturated heterocycles. The molecule has 27 heavy (non-hydrogen) atoms. The Morgan fingerprint density at radius 1 is 1.07 bits per heavy atom. The molecule has 2 aromatic rings. The highest BCUT2D eigenvalue weighted by Crippen LogP contribution is 2.13. The maximum atomic E-state index is 12.1. The number of anilines is 1. The number of carbonyl (C=O) groups excluding carboxylic acids is 2. The van der Waals surface area contributed by atoms with Gasteiger partial charge in [0.1, 0.15) is 0 Å². The molecule has 9 heteroatoms. The highest BCUT2D eigenvalue weighted by atomic mass is 32.1. The van der Waals surface area contributed by atoms with Gasteiger partial charge in [-0.15, -0.1) is 0 Å². The molecule has 0 radical (unpaired) electrons. The molecule has 0 spiro atoms. The van der Waals surface area contributed by atoms with E-state index in [1.165, 1.54) is 24.3 Å². The highest BCUT2D eigenvalue weighted by Gasteiger charge is 2.11. The number of non-ortho nitro benzene ring substituents is 1. The first kappa shape index (κ1) is 20.0. The van der Waals surface area contributed by atoms with Crippen LogP contribution in [0.15, 0.2) is 48.5 Å². The molecule has 140 valence electrons. The minimum atomic E-state index is -0.546. The van der Waals surface area contributed by atoms with Crippen LogP contribution in [0.4, 0.5) is 11.4 Å². The third-order valence-electron chi connectivity index (χ3n) is 3.38. The van der Waals surface area contributed by atoms with Gasteiger partial charge in [0.2, 0.25) is 0 Å². The largest absolute Gasteiger partial charge is 0.462 e. The van der Waals surface area contributed by atoms with E-state index < -0.39 is 16.8 Å². The normalized spacial score (nSPS) is 9.96. The Balaban J connectivity index is 1.92. The zero-order chi connectivity index (χ0) is 19.8. The molecule has 2 rings (SSSR count). The molecule has 2 aromatic carbocycles. The number of benzene rings is 2. The van der Waals surface area contributed by atoms with Crippen molar-refractivity contribution in [3.63, 3.8) is 0 Å². The Kier molecular flexibility index (Phi) is 6.95. The number of esters is 1. The fourth-order valence-corrected chi connectivity index (χ4v) is 2.25. The summed E-state index contributed by atoms with van der Waals surface area (Å²) >= 11 is 5.08. The molecular weight excluding hydrogens is 370 g/mol. The van der Waals surface area contributed by atoms with Gasteiger partial charge in [-0.1, -0.05) is 6.92 Å². The van der Waals surface area contributed by atoms with E-state index >= 15 is 0 Å². The lowest BCUT2D eigenvalue weighted by molar-refractivity contribution is -0.384. The van der Waals surface area contributed by atoms with Crippen LogP contribution in [0.5, 0.6) is 0 Å². The van der Waals surface area contributed by atoms with Crippen molar-refractivity contribution in [2.75, 3.05) is 11.9 Å². The van der Waals surface area contributed by atoms with Gasteiger partial charge in [0.15, 0.2) is 5.11 Å². The standard InChI is InChI=1S/C18H17N3O5S/c1-2-11-26-17(23)13-3-7-14(8-4-13)19-18(27)20-16(22)12-5-9-15(10-6-12)21(24)25/h3-10H,2,11H2,1H3,(H2,19,20,22,27). The molecule has 1 amide bonds. The Morgan fingerprint density at radius 2 is 1.67 bits per heavy atom. The average Bonchev–Trinajstić information content (AvgIpc) is 2.66. The van der Waals surface area contributed by atoms with Crippen molar-refractivity contribution in [1.29, 1.82) is 0 Å². The Bertz CT molecular complexity index is 850. The van der Waals surface area contributed by atoms with Gasteiger partial charge in [-0.25, -0.2) is 4.79 Å². The number of rotatable bonds is 6. The SMILES string of the molecule is CCCOC(=O)c1ccc(NC(=S)NC(=O)c2ccc([N+](=O)[O-])cc2)cc1. The van der Waals surface area contributed by atoms with Crippen LogP contribution < -0.4 is 10.6 Å². The number of hydrogen-bond acceptors (Lipinski definition) is 6. The minimum absolute atomic E-state index is 0.0552. The van der Waals surface area contributed by atoms with Crippen LogP contribution >= 0.6 is 12.2 Å². The van der Waals surface area contributed by atoms with Gasteiger partial charge in [0.25, 0.3) is 11.6 Å². The fourth-order valence-electron chi connectivity index (χ4n) is 2.04. The van der Waals surface area contributed by atoms with Gasteiger partial charge in [-0.2, -0.15) is 0 Å². The first-order valence-corrected chi connectivity index (χ1v) is 8.45. The first-order chi connectivity index (χ1) is 12.9. The predicted octanol–water partition coefficient (Wildman–Crippen LogP) is 3.29. The van der Waals surface area contributed by atoms with E-state index in [0.717, 1.165) is 6.42 Å². The summed E-state index contributed by atoms with van der Waals surface area (Å²) in [7, 11) is 0. The van der Waals surface area contributed by atoms with Crippen molar-refractivity contribution in [2.45, 2.75) is 13.3 Å². The van der Waals surface area contributed by atoms with Gasteiger partial charge in [0.05, 0.1) is 17.1 Å². The molecule has 8 nitrogen and oxygen atoms in total. The van der Waals surface area contributed by atoms with Crippen LogP contribution in [0.3, 0.4) is 0 Å². The molecule has 0 heterocycles. The molecule has 0 aliphatic carbocycles. The minimum Gasteiger partial charge on any atom is -0.462 e. The predicted molar refractivity (Wildman–Crippen MR) is 104 cm³/mol. The number of ether oxygens (including phenoxy) is 1. The van der Waals surface area contributed by atoms with Crippen LogP contribution in [0.2, 0.25) is 0 Å². The summed E-state index contributed by atoms with van der Waals surface area (Å²) in [5.41, 5.74) is 1.12. The second-order valence-electron chi connectivity index (χ2n) is 5.43. The number of nitro benzene ring substituents is 1. The van der Waals surface area contributed by atoms with Crippen molar-refractivity contribution in [3.05, 3.63) is 69.8 Å². The maximum Gasteiger partial charge on any atom is 0.338 e. The lowest BCUT2D eigenvalue weighted by atomic mass is 10.2. The van der Waals surface area contributed by atoms with E-state index in [2.05, 4.69) is 10.6 Å². The average molecular weight is 387 g/mol. The van der Waals surface area contributed by atoms with Crippen LogP contribution in [-0.2, 0) is 4.74 Å². The van der Waals surface area contributed by atoms with E-state index in [1.54, 1.807) is 24.3 Å². The fraction of sp³-hybridized carbons (Fsp3) is 0.167. The first-order valence-electron chi connectivity index (χ1n) is 8.04. The third kappa shape index (κ3) is 5.86. The van der Waals surface area contributed by atoms with Crippen molar-refractivity contribution in [2.24, 2.45) is 0 Å². The molecule has 0 aromatic heterocycles. The molecular formula is C18H17N3O5S. The Hall–Kier alpha value is -3.33. The summed E-state index contributed by atoms with van der Waals surface area (Å²) in [5.74, 6) is -0.903. The second-order valence-corrected chi connectivity index (χ2v) is 5.83. The quantitative estimate of drug-likeness (QED) is 0.339. The van der Waals surface area contributed by atoms with Crippen LogP contribution in [0.1, 0.15) is 34.1 Å². The molecule has 0 unspecified atom stereocenters. The molecule has 2 N–H and O–H groups in total. The monoisotopic (exact) mass is 387 g/mol. The number of nitrogens with one attached hydrogen (secondary N) is 2. The van der Waals surface area contributed by atoms with Crippen molar-refractivity contribution < 1.29 is 19.2 Å². The lowest BCUT2D eigenvalue weighted by Crippen LogP contribution is -2.34. The third-order valence-corrected chi connectivity index (χ3v) is 3.59.